The van der Waals surface area contributed by atoms with Crippen LogP contribution in [0.15, 0.2) is 22.9 Å². The number of thiazole rings is 1. The van der Waals surface area contributed by atoms with Crippen molar-refractivity contribution in [1.29, 1.82) is 0 Å². The van der Waals surface area contributed by atoms with E-state index in [4.69, 9.17) is 0 Å². The molecule has 17 heavy (non-hydrogen) atoms. The fraction of sp³-hybridized carbons (Fsp3) is 0.333. The van der Waals surface area contributed by atoms with E-state index in [-0.39, 0.29) is 5.91 Å². The molecule has 2 aromatic heterocycles. The molecule has 0 aromatic carbocycles. The number of carbonyl (C=O) groups excluding carboxylic acids is 1. The maximum absolute atomic E-state index is 11.7. The number of rotatable bonds is 4. The van der Waals surface area contributed by atoms with Gasteiger partial charge in [-0.2, -0.15) is 0 Å². The van der Waals surface area contributed by atoms with Crippen LogP contribution in [0.2, 0.25) is 0 Å². The van der Waals surface area contributed by atoms with Crippen molar-refractivity contribution in [2.45, 2.75) is 13.3 Å². The van der Waals surface area contributed by atoms with Crippen molar-refractivity contribution < 1.29 is 4.79 Å². The summed E-state index contributed by atoms with van der Waals surface area (Å²) in [4.78, 5) is 19.1. The maximum Gasteiger partial charge on any atom is 0.228 e. The molecule has 5 heteroatoms. The SMILES string of the molecule is CCN(C)C(=O)Cc1csc(-c2cccs2)n1. The fourth-order valence-corrected chi connectivity index (χ4v) is 3.00. The zero-order valence-electron chi connectivity index (χ0n) is 9.84. The molecule has 1 amide bonds. The second kappa shape index (κ2) is 5.42. The number of carbonyl (C=O) groups is 1. The average molecular weight is 266 g/mol. The Balaban J connectivity index is 2.07. The third-order valence-corrected chi connectivity index (χ3v) is 4.45. The first kappa shape index (κ1) is 12.3. The molecule has 0 saturated carbocycles. The van der Waals surface area contributed by atoms with Gasteiger partial charge in [-0.15, -0.1) is 22.7 Å². The Morgan fingerprint density at radius 3 is 2.94 bits per heavy atom. The van der Waals surface area contributed by atoms with Crippen LogP contribution in [0.3, 0.4) is 0 Å². The molecule has 0 bridgehead atoms. The van der Waals surface area contributed by atoms with E-state index in [1.165, 1.54) is 0 Å². The molecule has 0 saturated heterocycles. The molecule has 0 N–H and O–H groups in total. The van der Waals surface area contributed by atoms with Crippen LogP contribution in [-0.4, -0.2) is 29.4 Å². The lowest BCUT2D eigenvalue weighted by atomic mass is 10.3. The smallest absolute Gasteiger partial charge is 0.228 e. The molecule has 0 fully saturated rings. The molecule has 2 rings (SSSR count). The molecule has 0 aliphatic carbocycles. The summed E-state index contributed by atoms with van der Waals surface area (Å²) in [6.45, 7) is 2.71. The second-order valence-electron chi connectivity index (χ2n) is 3.71. The Bertz CT molecular complexity index is 490. The van der Waals surface area contributed by atoms with Crippen LogP contribution in [0.4, 0.5) is 0 Å². The number of aromatic nitrogens is 1. The number of thiophene rings is 1. The lowest BCUT2D eigenvalue weighted by Gasteiger charge is -2.12. The molecule has 0 atom stereocenters. The van der Waals surface area contributed by atoms with Gasteiger partial charge in [-0.25, -0.2) is 4.98 Å². The number of hydrogen-bond acceptors (Lipinski definition) is 4. The molecule has 0 radical (unpaired) electrons. The quantitative estimate of drug-likeness (QED) is 0.852. The third kappa shape index (κ3) is 2.92. The van der Waals surface area contributed by atoms with Gasteiger partial charge >= 0.3 is 0 Å². The van der Waals surface area contributed by atoms with Crippen LogP contribution in [0, 0.1) is 0 Å². The molecule has 0 unspecified atom stereocenters. The highest BCUT2D eigenvalue weighted by molar-refractivity contribution is 7.20. The van der Waals surface area contributed by atoms with Gasteiger partial charge in [-0.05, 0) is 18.4 Å². The second-order valence-corrected chi connectivity index (χ2v) is 5.51. The number of amides is 1. The normalized spacial score (nSPS) is 10.5. The molecule has 90 valence electrons. The van der Waals surface area contributed by atoms with Gasteiger partial charge in [0.15, 0.2) is 0 Å². The van der Waals surface area contributed by atoms with Gasteiger partial charge in [0.25, 0.3) is 0 Å². The molecular weight excluding hydrogens is 252 g/mol. The van der Waals surface area contributed by atoms with Crippen molar-refractivity contribution in [2.75, 3.05) is 13.6 Å². The van der Waals surface area contributed by atoms with E-state index in [1.807, 2.05) is 36.9 Å². The molecule has 2 heterocycles. The van der Waals surface area contributed by atoms with Crippen LogP contribution in [0.1, 0.15) is 12.6 Å². The van der Waals surface area contributed by atoms with Crippen LogP contribution in [0.5, 0.6) is 0 Å². The van der Waals surface area contributed by atoms with Gasteiger partial charge in [0, 0.05) is 19.0 Å². The Morgan fingerprint density at radius 1 is 1.47 bits per heavy atom. The van der Waals surface area contributed by atoms with Crippen molar-refractivity contribution in [3.8, 4) is 9.88 Å². The molecular formula is C12H14N2OS2. The van der Waals surface area contributed by atoms with Crippen LogP contribution >= 0.6 is 22.7 Å². The van der Waals surface area contributed by atoms with Gasteiger partial charge in [0.2, 0.25) is 5.91 Å². The molecule has 3 nitrogen and oxygen atoms in total. The average Bonchev–Trinajstić information content (AvgIpc) is 2.97. The van der Waals surface area contributed by atoms with Crippen molar-refractivity contribution in [1.82, 2.24) is 9.88 Å². The highest BCUT2D eigenvalue weighted by Gasteiger charge is 2.11. The first-order valence-corrected chi connectivity index (χ1v) is 7.19. The van der Waals surface area contributed by atoms with Gasteiger partial charge < -0.3 is 4.90 Å². The summed E-state index contributed by atoms with van der Waals surface area (Å²) >= 11 is 3.27. The Morgan fingerprint density at radius 2 is 2.29 bits per heavy atom. The Hall–Kier alpha value is -1.20. The van der Waals surface area contributed by atoms with Crippen molar-refractivity contribution in [3.63, 3.8) is 0 Å². The zero-order chi connectivity index (χ0) is 12.3. The number of nitrogens with zero attached hydrogens (tertiary/aromatic N) is 2. The fourth-order valence-electron chi connectivity index (χ4n) is 1.37. The summed E-state index contributed by atoms with van der Waals surface area (Å²) in [5, 5.41) is 5.00. The predicted octanol–water partition coefficient (Wildman–Crippen LogP) is 2.89. The van der Waals surface area contributed by atoms with E-state index in [9.17, 15) is 4.79 Å². The van der Waals surface area contributed by atoms with Gasteiger partial charge in [0.05, 0.1) is 17.0 Å². The summed E-state index contributed by atoms with van der Waals surface area (Å²) in [5.41, 5.74) is 0.865. The van der Waals surface area contributed by atoms with Crippen LogP contribution < -0.4 is 0 Å². The molecule has 0 spiro atoms. The monoisotopic (exact) mass is 266 g/mol. The lowest BCUT2D eigenvalue weighted by Crippen LogP contribution is -2.27. The van der Waals surface area contributed by atoms with Gasteiger partial charge in [-0.1, -0.05) is 6.07 Å². The summed E-state index contributed by atoms with van der Waals surface area (Å²) in [7, 11) is 1.81. The van der Waals surface area contributed by atoms with E-state index in [1.54, 1.807) is 27.6 Å². The summed E-state index contributed by atoms with van der Waals surface area (Å²) in [5.74, 6) is 0.121. The van der Waals surface area contributed by atoms with E-state index >= 15 is 0 Å². The van der Waals surface area contributed by atoms with Crippen molar-refractivity contribution in [2.24, 2.45) is 0 Å². The first-order chi connectivity index (χ1) is 8.20. The summed E-state index contributed by atoms with van der Waals surface area (Å²) in [6, 6.07) is 4.06. The van der Waals surface area contributed by atoms with Gasteiger partial charge in [-0.3, -0.25) is 4.79 Å². The summed E-state index contributed by atoms with van der Waals surface area (Å²) in [6.07, 6.45) is 0.395. The minimum atomic E-state index is 0.121. The predicted molar refractivity (Wildman–Crippen MR) is 72.4 cm³/mol. The summed E-state index contributed by atoms with van der Waals surface area (Å²) < 4.78 is 0. The standard InChI is InChI=1S/C12H14N2OS2/c1-3-14(2)11(15)7-9-8-17-12(13-9)10-5-4-6-16-10/h4-6,8H,3,7H2,1-2H3. The lowest BCUT2D eigenvalue weighted by molar-refractivity contribution is -0.129. The minimum Gasteiger partial charge on any atom is -0.346 e. The molecule has 2 aromatic rings. The largest absolute Gasteiger partial charge is 0.346 e. The number of hydrogen-bond donors (Lipinski definition) is 0. The van der Waals surface area contributed by atoms with E-state index in [0.29, 0.717) is 6.42 Å². The van der Waals surface area contributed by atoms with Gasteiger partial charge in [0.1, 0.15) is 5.01 Å². The van der Waals surface area contributed by atoms with Crippen LogP contribution in [0.25, 0.3) is 9.88 Å². The van der Waals surface area contributed by atoms with Crippen molar-refractivity contribution >= 4 is 28.6 Å². The molecule has 0 aliphatic rings. The topological polar surface area (TPSA) is 33.2 Å². The molecule has 0 aliphatic heterocycles. The Kier molecular flexibility index (Phi) is 3.91. The zero-order valence-corrected chi connectivity index (χ0v) is 11.5. The highest BCUT2D eigenvalue weighted by atomic mass is 32.1. The van der Waals surface area contributed by atoms with Crippen molar-refractivity contribution in [3.05, 3.63) is 28.6 Å². The van der Waals surface area contributed by atoms with E-state index < -0.39 is 0 Å². The van der Waals surface area contributed by atoms with Crippen LogP contribution in [-0.2, 0) is 11.2 Å². The number of likely N-dealkylation sites (N-methyl/N-ethyl adjacent to an activating group) is 1. The first-order valence-electron chi connectivity index (χ1n) is 5.43. The van der Waals surface area contributed by atoms with E-state index in [2.05, 4.69) is 4.98 Å². The maximum atomic E-state index is 11.7. The third-order valence-electron chi connectivity index (χ3n) is 2.52. The Labute approximate surface area is 109 Å². The minimum absolute atomic E-state index is 0.121. The van der Waals surface area contributed by atoms with E-state index in [0.717, 1.165) is 22.1 Å². The highest BCUT2D eigenvalue weighted by Crippen LogP contribution is 2.27.